The van der Waals surface area contributed by atoms with E-state index in [4.69, 9.17) is 4.74 Å². The van der Waals surface area contributed by atoms with E-state index in [0.717, 1.165) is 11.1 Å². The third-order valence-corrected chi connectivity index (χ3v) is 5.19. The number of esters is 1. The fourth-order valence-electron chi connectivity index (χ4n) is 4.01. The lowest BCUT2D eigenvalue weighted by Crippen LogP contribution is -2.31. The molecular weight excluding hydrogens is 368 g/mol. The zero-order chi connectivity index (χ0) is 20.5. The molecule has 2 heterocycles. The highest BCUT2D eigenvalue weighted by Crippen LogP contribution is 2.46. The van der Waals surface area contributed by atoms with Crippen LogP contribution in [0.2, 0.25) is 0 Å². The van der Waals surface area contributed by atoms with Gasteiger partial charge in [-0.25, -0.2) is 4.79 Å². The summed E-state index contributed by atoms with van der Waals surface area (Å²) in [6.07, 6.45) is 0. The van der Waals surface area contributed by atoms with Crippen LogP contribution in [0.25, 0.3) is 0 Å². The summed E-state index contributed by atoms with van der Waals surface area (Å²) in [4.78, 5) is 39.5. The van der Waals surface area contributed by atoms with Crippen molar-refractivity contribution in [3.8, 4) is 0 Å². The largest absolute Gasteiger partial charge is 0.465 e. The Morgan fingerprint density at radius 1 is 0.862 bits per heavy atom. The maximum atomic E-state index is 13.1. The van der Waals surface area contributed by atoms with Gasteiger partial charge in [0.2, 0.25) is 5.91 Å². The number of hydrogen-bond acceptors (Lipinski definition) is 4. The van der Waals surface area contributed by atoms with Crippen molar-refractivity contribution in [2.45, 2.75) is 19.0 Å². The van der Waals surface area contributed by atoms with Gasteiger partial charge in [-0.05, 0) is 17.2 Å². The second-order valence-electron chi connectivity index (χ2n) is 6.90. The predicted octanol–water partition coefficient (Wildman–Crippen LogP) is 3.33. The number of rotatable bonds is 3. The molecule has 29 heavy (non-hydrogen) atoms. The highest BCUT2D eigenvalue weighted by Gasteiger charge is 2.43. The lowest BCUT2D eigenvalue weighted by Gasteiger charge is -2.27. The lowest BCUT2D eigenvalue weighted by atomic mass is 9.93. The lowest BCUT2D eigenvalue weighted by molar-refractivity contribution is -0.117. The molecular formula is C23H20N2O4. The van der Waals surface area contributed by atoms with Crippen LogP contribution in [0.3, 0.4) is 0 Å². The number of carbonyl (C=O) groups excluding carboxylic acids is 2. The molecule has 2 atom stereocenters. The van der Waals surface area contributed by atoms with E-state index in [-0.39, 0.29) is 17.0 Å². The van der Waals surface area contributed by atoms with Gasteiger partial charge in [-0.3, -0.25) is 19.1 Å². The maximum absolute atomic E-state index is 13.1. The molecule has 1 aromatic heterocycles. The zero-order valence-corrected chi connectivity index (χ0v) is 16.1. The summed E-state index contributed by atoms with van der Waals surface area (Å²) in [6, 6.07) is 21.2. The van der Waals surface area contributed by atoms with Crippen molar-refractivity contribution in [1.29, 1.82) is 0 Å². The molecule has 0 aliphatic carbocycles. The molecule has 0 saturated carbocycles. The minimum atomic E-state index is -0.617. The Hall–Kier alpha value is -3.67. The van der Waals surface area contributed by atoms with Crippen LogP contribution in [-0.4, -0.2) is 23.6 Å². The molecule has 0 spiro atoms. The highest BCUT2D eigenvalue weighted by atomic mass is 16.5. The van der Waals surface area contributed by atoms with E-state index in [0.29, 0.717) is 5.82 Å². The fourth-order valence-corrected chi connectivity index (χ4v) is 4.01. The van der Waals surface area contributed by atoms with Crippen LogP contribution in [0.4, 0.5) is 5.82 Å². The van der Waals surface area contributed by atoms with Crippen molar-refractivity contribution < 1.29 is 14.3 Å². The van der Waals surface area contributed by atoms with Crippen LogP contribution in [0, 0.1) is 0 Å². The summed E-state index contributed by atoms with van der Waals surface area (Å²) < 4.78 is 6.36. The van der Waals surface area contributed by atoms with Crippen molar-refractivity contribution >= 4 is 17.7 Å². The minimum absolute atomic E-state index is 0.121. The summed E-state index contributed by atoms with van der Waals surface area (Å²) in [7, 11) is 1.26. The summed E-state index contributed by atoms with van der Waals surface area (Å²) >= 11 is 0. The van der Waals surface area contributed by atoms with E-state index in [9.17, 15) is 14.4 Å². The molecule has 6 nitrogen and oxygen atoms in total. The molecule has 2 aromatic carbocycles. The molecule has 1 aliphatic heterocycles. The molecule has 0 radical (unpaired) electrons. The summed E-state index contributed by atoms with van der Waals surface area (Å²) in [5.74, 6) is -0.450. The normalized spacial score (nSPS) is 17.7. The number of ether oxygens (including phenoxy) is 1. The van der Waals surface area contributed by atoms with E-state index >= 15 is 0 Å². The van der Waals surface area contributed by atoms with Crippen LogP contribution in [0.1, 0.15) is 40.5 Å². The van der Waals surface area contributed by atoms with Gasteiger partial charge in [0.15, 0.2) is 0 Å². The maximum Gasteiger partial charge on any atom is 0.338 e. The number of amides is 1. The van der Waals surface area contributed by atoms with Gasteiger partial charge in [0, 0.05) is 13.0 Å². The molecule has 1 aliphatic rings. The van der Waals surface area contributed by atoms with E-state index in [1.807, 2.05) is 60.7 Å². The Kier molecular flexibility index (Phi) is 4.76. The number of aromatic nitrogens is 1. The average molecular weight is 388 g/mol. The fraction of sp³-hybridized carbons (Fsp3) is 0.174. The van der Waals surface area contributed by atoms with Crippen molar-refractivity contribution in [3.63, 3.8) is 0 Å². The van der Waals surface area contributed by atoms with Gasteiger partial charge >= 0.3 is 5.97 Å². The van der Waals surface area contributed by atoms with Crippen molar-refractivity contribution in [1.82, 2.24) is 4.57 Å². The average Bonchev–Trinajstić information content (AvgIpc) is 3.10. The molecule has 6 heteroatoms. The summed E-state index contributed by atoms with van der Waals surface area (Å²) in [5.41, 5.74) is 1.57. The smallest absolute Gasteiger partial charge is 0.338 e. The number of hydrogen-bond donors (Lipinski definition) is 0. The van der Waals surface area contributed by atoms with Crippen LogP contribution >= 0.6 is 0 Å². The Balaban J connectivity index is 2.02. The Labute approximate surface area is 168 Å². The number of anilines is 1. The van der Waals surface area contributed by atoms with Gasteiger partial charge in [-0.2, -0.15) is 0 Å². The van der Waals surface area contributed by atoms with Crippen molar-refractivity contribution in [2.75, 3.05) is 12.0 Å². The Morgan fingerprint density at radius 3 is 1.93 bits per heavy atom. The molecule has 0 N–H and O–H groups in total. The van der Waals surface area contributed by atoms with Crippen LogP contribution in [0.5, 0.6) is 0 Å². The quantitative estimate of drug-likeness (QED) is 0.646. The number of nitrogens with zero attached hydrogens (tertiary/aromatic N) is 2. The first-order chi connectivity index (χ1) is 14.0. The topological polar surface area (TPSA) is 68.6 Å². The van der Waals surface area contributed by atoms with Gasteiger partial charge in [0.05, 0.1) is 24.8 Å². The molecule has 4 rings (SSSR count). The number of fused-ring (bicyclic) bond motifs is 1. The zero-order valence-electron chi connectivity index (χ0n) is 16.1. The van der Waals surface area contributed by atoms with Gasteiger partial charge in [0.25, 0.3) is 5.56 Å². The van der Waals surface area contributed by atoms with E-state index in [1.165, 1.54) is 20.1 Å². The van der Waals surface area contributed by atoms with Crippen LogP contribution < -0.4 is 10.5 Å². The molecule has 0 fully saturated rings. The number of pyridine rings is 1. The van der Waals surface area contributed by atoms with Gasteiger partial charge < -0.3 is 4.74 Å². The molecule has 146 valence electrons. The highest BCUT2D eigenvalue weighted by molar-refractivity contribution is 5.95. The molecule has 0 saturated heterocycles. The minimum Gasteiger partial charge on any atom is -0.465 e. The Morgan fingerprint density at radius 2 is 1.41 bits per heavy atom. The van der Waals surface area contributed by atoms with Crippen LogP contribution in [-0.2, 0) is 9.53 Å². The number of carbonyl (C=O) groups is 2. The first-order valence-corrected chi connectivity index (χ1v) is 9.27. The predicted molar refractivity (Wildman–Crippen MR) is 109 cm³/mol. The van der Waals surface area contributed by atoms with Crippen molar-refractivity contribution in [3.05, 3.63) is 99.8 Å². The van der Waals surface area contributed by atoms with Gasteiger partial charge in [0.1, 0.15) is 5.82 Å². The van der Waals surface area contributed by atoms with Crippen molar-refractivity contribution in [2.24, 2.45) is 0 Å². The third-order valence-electron chi connectivity index (χ3n) is 5.19. The molecule has 3 aromatic rings. The van der Waals surface area contributed by atoms with Crippen LogP contribution in [0.15, 0.2) is 77.6 Å². The molecule has 0 unspecified atom stereocenters. The van der Waals surface area contributed by atoms with E-state index < -0.39 is 18.1 Å². The second kappa shape index (κ2) is 7.39. The number of benzene rings is 2. The summed E-state index contributed by atoms with van der Waals surface area (Å²) in [5, 5.41) is 0. The molecule has 0 bridgehead atoms. The third kappa shape index (κ3) is 3.12. The van der Waals surface area contributed by atoms with E-state index in [2.05, 4.69) is 0 Å². The SMILES string of the molecule is COC(=O)c1cc2n(c(=O)c1)[C@@H](c1ccccc1)[C@H](c1ccccc1)N2C(C)=O. The molecule has 1 amide bonds. The standard InChI is InChI=1S/C23H20N2O4/c1-15(26)24-19-13-18(23(28)29-2)14-20(27)25(19)22(17-11-7-4-8-12-17)21(24)16-9-5-3-6-10-16/h3-14,21-22H,1-2H3/t21-,22-/m0/s1. The monoisotopic (exact) mass is 388 g/mol. The first-order valence-electron chi connectivity index (χ1n) is 9.27. The van der Waals surface area contributed by atoms with Gasteiger partial charge in [-0.15, -0.1) is 0 Å². The number of methoxy groups -OCH3 is 1. The Bertz CT molecular complexity index is 1120. The van der Waals surface area contributed by atoms with Gasteiger partial charge in [-0.1, -0.05) is 60.7 Å². The first kappa shape index (κ1) is 18.7. The summed E-state index contributed by atoms with van der Waals surface area (Å²) in [6.45, 7) is 1.46. The van der Waals surface area contributed by atoms with E-state index in [1.54, 1.807) is 15.5 Å². The second-order valence-corrected chi connectivity index (χ2v) is 6.90.